The van der Waals surface area contributed by atoms with Crippen LogP contribution in [0.25, 0.3) is 0 Å². The van der Waals surface area contributed by atoms with Gasteiger partial charge in [0.05, 0.1) is 6.61 Å². The van der Waals surface area contributed by atoms with Crippen LogP contribution < -0.4 is 5.32 Å². The summed E-state index contributed by atoms with van der Waals surface area (Å²) in [6.07, 6.45) is 0.624. The number of esters is 1. The molecule has 1 aromatic carbocycles. The minimum absolute atomic E-state index is 0.168. The quantitative estimate of drug-likeness (QED) is 0.418. The van der Waals surface area contributed by atoms with Gasteiger partial charge in [-0.15, -0.1) is 6.58 Å². The Hall–Kier alpha value is -1.86. The lowest BCUT2D eigenvalue weighted by atomic mass is 9.91. The highest BCUT2D eigenvalue weighted by molar-refractivity contribution is 9.10. The first kappa shape index (κ1) is 20.2. The van der Waals surface area contributed by atoms with Crippen molar-refractivity contribution in [3.63, 3.8) is 0 Å². The van der Waals surface area contributed by atoms with Crippen LogP contribution in [0.3, 0.4) is 0 Å². The average Bonchev–Trinajstić information content (AvgIpc) is 2.47. The molecule has 1 amide bonds. The first-order valence-electron chi connectivity index (χ1n) is 7.44. The number of rotatable bonds is 7. The lowest BCUT2D eigenvalue weighted by Crippen LogP contribution is -2.47. The standard InChI is InChI=1S/C17H22BrNO5/c1-5-13(11-7-9-12(18)10-8-11)14(15(20)23-6-2)19-16(21)24-17(3,4)22/h5,7-10,13-14,22H,1,6H2,2-4H3,(H,19,21)/t13-,14-/m1/s1. The van der Waals surface area contributed by atoms with Crippen LogP contribution in [0, 0.1) is 0 Å². The average molecular weight is 400 g/mol. The zero-order chi connectivity index (χ0) is 18.3. The second kappa shape index (κ2) is 8.84. The van der Waals surface area contributed by atoms with Gasteiger partial charge in [-0.1, -0.05) is 34.1 Å². The summed E-state index contributed by atoms with van der Waals surface area (Å²) in [5, 5.41) is 12.0. The molecule has 0 heterocycles. The van der Waals surface area contributed by atoms with Crippen molar-refractivity contribution in [2.75, 3.05) is 6.61 Å². The van der Waals surface area contributed by atoms with Crippen LogP contribution in [0.5, 0.6) is 0 Å². The number of nitrogens with one attached hydrogen (secondary N) is 1. The molecule has 0 radical (unpaired) electrons. The third kappa shape index (κ3) is 6.33. The highest BCUT2D eigenvalue weighted by Gasteiger charge is 2.32. The van der Waals surface area contributed by atoms with E-state index in [4.69, 9.17) is 9.47 Å². The number of ether oxygens (including phenoxy) is 2. The molecule has 0 fully saturated rings. The zero-order valence-corrected chi connectivity index (χ0v) is 15.5. The second-order valence-corrected chi connectivity index (χ2v) is 6.44. The largest absolute Gasteiger partial charge is 0.464 e. The smallest absolute Gasteiger partial charge is 0.410 e. The Morgan fingerprint density at radius 1 is 1.38 bits per heavy atom. The van der Waals surface area contributed by atoms with Crippen molar-refractivity contribution in [3.8, 4) is 0 Å². The summed E-state index contributed by atoms with van der Waals surface area (Å²) in [4.78, 5) is 24.2. The summed E-state index contributed by atoms with van der Waals surface area (Å²) >= 11 is 3.35. The lowest BCUT2D eigenvalue weighted by molar-refractivity contribution is -0.148. The summed E-state index contributed by atoms with van der Waals surface area (Å²) in [7, 11) is 0. The van der Waals surface area contributed by atoms with E-state index in [1.165, 1.54) is 13.8 Å². The predicted octanol–water partition coefficient (Wildman–Crippen LogP) is 3.11. The van der Waals surface area contributed by atoms with Crippen LogP contribution in [0.15, 0.2) is 41.4 Å². The Morgan fingerprint density at radius 2 is 1.96 bits per heavy atom. The molecule has 0 saturated heterocycles. The number of alkyl carbamates (subject to hydrolysis) is 1. The molecule has 0 saturated carbocycles. The van der Waals surface area contributed by atoms with Gasteiger partial charge in [-0.25, -0.2) is 9.59 Å². The van der Waals surface area contributed by atoms with Gasteiger partial charge in [0.25, 0.3) is 0 Å². The van der Waals surface area contributed by atoms with Crippen LogP contribution in [0.2, 0.25) is 0 Å². The lowest BCUT2D eigenvalue weighted by Gasteiger charge is -2.26. The highest BCUT2D eigenvalue weighted by atomic mass is 79.9. The molecule has 0 bridgehead atoms. The Bertz CT molecular complexity index is 580. The molecule has 0 spiro atoms. The maximum Gasteiger partial charge on any atom is 0.410 e. The van der Waals surface area contributed by atoms with Gasteiger partial charge < -0.3 is 19.9 Å². The van der Waals surface area contributed by atoms with Gasteiger partial charge in [0, 0.05) is 24.2 Å². The number of halogens is 1. The fourth-order valence-electron chi connectivity index (χ4n) is 2.06. The van der Waals surface area contributed by atoms with Crippen LogP contribution in [-0.2, 0) is 14.3 Å². The summed E-state index contributed by atoms with van der Waals surface area (Å²) in [5.74, 6) is -2.80. The van der Waals surface area contributed by atoms with E-state index >= 15 is 0 Å². The number of hydrogen-bond donors (Lipinski definition) is 2. The monoisotopic (exact) mass is 399 g/mol. The van der Waals surface area contributed by atoms with E-state index in [2.05, 4.69) is 27.8 Å². The van der Waals surface area contributed by atoms with E-state index in [-0.39, 0.29) is 6.61 Å². The Balaban J connectivity index is 3.06. The zero-order valence-electron chi connectivity index (χ0n) is 13.9. The van der Waals surface area contributed by atoms with Crippen molar-refractivity contribution >= 4 is 28.0 Å². The molecule has 24 heavy (non-hydrogen) atoms. The highest BCUT2D eigenvalue weighted by Crippen LogP contribution is 2.24. The fraction of sp³-hybridized carbons (Fsp3) is 0.412. The first-order valence-corrected chi connectivity index (χ1v) is 8.23. The maximum atomic E-state index is 12.3. The molecule has 7 heteroatoms. The van der Waals surface area contributed by atoms with Crippen molar-refractivity contribution in [2.45, 2.75) is 38.5 Å². The van der Waals surface area contributed by atoms with E-state index in [0.717, 1.165) is 10.0 Å². The van der Waals surface area contributed by atoms with Gasteiger partial charge in [0.15, 0.2) is 0 Å². The molecule has 2 atom stereocenters. The Kier molecular flexibility index (Phi) is 7.44. The molecule has 6 nitrogen and oxygen atoms in total. The molecule has 132 valence electrons. The van der Waals surface area contributed by atoms with E-state index in [0.29, 0.717) is 0 Å². The minimum Gasteiger partial charge on any atom is -0.464 e. The van der Waals surface area contributed by atoms with Gasteiger partial charge in [0.1, 0.15) is 6.04 Å². The normalized spacial score (nSPS) is 13.5. The number of aliphatic hydroxyl groups is 1. The van der Waals surface area contributed by atoms with Crippen molar-refractivity contribution in [1.82, 2.24) is 5.32 Å². The third-order valence-electron chi connectivity index (χ3n) is 3.02. The van der Waals surface area contributed by atoms with Gasteiger partial charge in [0.2, 0.25) is 5.79 Å². The third-order valence-corrected chi connectivity index (χ3v) is 3.55. The van der Waals surface area contributed by atoms with Crippen LogP contribution in [-0.4, -0.2) is 35.6 Å². The van der Waals surface area contributed by atoms with E-state index in [1.807, 2.05) is 24.3 Å². The van der Waals surface area contributed by atoms with Gasteiger partial charge >= 0.3 is 12.1 Å². The van der Waals surface area contributed by atoms with Crippen molar-refractivity contribution in [3.05, 3.63) is 47.0 Å². The molecule has 1 aromatic rings. The van der Waals surface area contributed by atoms with Crippen LogP contribution in [0.1, 0.15) is 32.3 Å². The molecule has 0 aliphatic heterocycles. The summed E-state index contributed by atoms with van der Waals surface area (Å²) < 4.78 is 10.7. The van der Waals surface area contributed by atoms with E-state index in [9.17, 15) is 14.7 Å². The number of amides is 1. The van der Waals surface area contributed by atoms with E-state index < -0.39 is 29.8 Å². The van der Waals surface area contributed by atoms with Crippen LogP contribution >= 0.6 is 15.9 Å². The molecule has 0 aliphatic carbocycles. The van der Waals surface area contributed by atoms with Gasteiger partial charge in [-0.05, 0) is 24.6 Å². The molecular formula is C17H22BrNO5. The van der Waals surface area contributed by atoms with Gasteiger partial charge in [-0.2, -0.15) is 0 Å². The van der Waals surface area contributed by atoms with Gasteiger partial charge in [-0.3, -0.25) is 0 Å². The maximum absolute atomic E-state index is 12.3. The molecular weight excluding hydrogens is 378 g/mol. The number of carbonyl (C=O) groups is 2. The molecule has 0 aliphatic rings. The fourth-order valence-corrected chi connectivity index (χ4v) is 2.32. The summed E-state index contributed by atoms with van der Waals surface area (Å²) in [6, 6.07) is 6.24. The van der Waals surface area contributed by atoms with Crippen LogP contribution in [0.4, 0.5) is 4.79 Å². The molecule has 2 N–H and O–H groups in total. The molecule has 1 rings (SSSR count). The SMILES string of the molecule is C=C[C@H](c1ccc(Br)cc1)[C@@H](NC(=O)OC(C)(C)O)C(=O)OCC. The molecule has 0 unspecified atom stereocenters. The first-order chi connectivity index (χ1) is 11.2. The predicted molar refractivity (Wildman–Crippen MR) is 93.4 cm³/mol. The Labute approximate surface area is 150 Å². The van der Waals surface area contributed by atoms with Crippen molar-refractivity contribution in [2.24, 2.45) is 0 Å². The van der Waals surface area contributed by atoms with E-state index in [1.54, 1.807) is 13.0 Å². The number of carbonyl (C=O) groups excluding carboxylic acids is 2. The van der Waals surface area contributed by atoms with Crippen molar-refractivity contribution < 1.29 is 24.2 Å². The second-order valence-electron chi connectivity index (χ2n) is 5.52. The summed E-state index contributed by atoms with van der Waals surface area (Å²) in [5.41, 5.74) is 0.773. The Morgan fingerprint density at radius 3 is 2.42 bits per heavy atom. The van der Waals surface area contributed by atoms with Crippen molar-refractivity contribution in [1.29, 1.82) is 0 Å². The topological polar surface area (TPSA) is 84.9 Å². The minimum atomic E-state index is -1.66. The molecule has 0 aromatic heterocycles. The number of benzene rings is 1. The summed E-state index contributed by atoms with van der Waals surface area (Å²) in [6.45, 7) is 8.21. The number of hydrogen-bond acceptors (Lipinski definition) is 5.